The summed E-state index contributed by atoms with van der Waals surface area (Å²) in [5, 5.41) is 0.812. The zero-order valence-electron chi connectivity index (χ0n) is 13.2. The fourth-order valence-corrected chi connectivity index (χ4v) is 4.48. The van der Waals surface area contributed by atoms with E-state index in [2.05, 4.69) is 4.99 Å². The number of nitrogens with zero attached hydrogens (tertiary/aromatic N) is 2. The van der Waals surface area contributed by atoms with Gasteiger partial charge in [-0.3, -0.25) is 4.79 Å². The molecule has 1 heterocycles. The number of amides is 1. The van der Waals surface area contributed by atoms with E-state index in [0.29, 0.717) is 20.4 Å². The molecule has 0 aliphatic heterocycles. The Hall–Kier alpha value is -1.67. The Morgan fingerprint density at radius 1 is 1.20 bits per heavy atom. The van der Waals surface area contributed by atoms with E-state index in [0.717, 1.165) is 11.0 Å². The molecule has 0 spiro atoms. The summed E-state index contributed by atoms with van der Waals surface area (Å²) in [7, 11) is -1.66. The summed E-state index contributed by atoms with van der Waals surface area (Å²) in [5.41, 5.74) is 0.889. The normalized spacial score (nSPS) is 12.7. The third-order valence-corrected chi connectivity index (χ3v) is 6.56. The lowest BCUT2D eigenvalue weighted by atomic mass is 10.2. The van der Waals surface area contributed by atoms with Crippen LogP contribution in [0.5, 0.6) is 0 Å². The van der Waals surface area contributed by atoms with Crippen LogP contribution in [-0.2, 0) is 16.9 Å². The van der Waals surface area contributed by atoms with Gasteiger partial charge >= 0.3 is 0 Å². The summed E-state index contributed by atoms with van der Waals surface area (Å²) in [6.07, 6.45) is 1.09. The lowest BCUT2D eigenvalue weighted by Crippen LogP contribution is -2.13. The highest BCUT2D eigenvalue weighted by molar-refractivity contribution is 7.90. The van der Waals surface area contributed by atoms with E-state index in [1.807, 2.05) is 6.07 Å². The maximum atomic E-state index is 12.4. The van der Waals surface area contributed by atoms with Gasteiger partial charge in [0.25, 0.3) is 5.91 Å². The number of sulfone groups is 1. The Bertz CT molecular complexity index is 1180. The standard InChI is InChI=1S/C16H12Cl2N2O3S2/c1-20-14-12(7-6-11(17)13(14)18)24-16(20)19-15(21)9-4-3-5-10(8-9)25(2,22)23/h3-8H,1-2H3. The number of carbonyl (C=O) groups excluding carboxylic acids is 1. The van der Waals surface area contributed by atoms with Crippen LogP contribution in [0, 0.1) is 0 Å². The van der Waals surface area contributed by atoms with E-state index in [9.17, 15) is 13.2 Å². The molecule has 1 aromatic heterocycles. The van der Waals surface area contributed by atoms with Gasteiger partial charge in [-0.15, -0.1) is 0 Å². The molecule has 2 aromatic carbocycles. The highest BCUT2D eigenvalue weighted by atomic mass is 35.5. The molecule has 1 amide bonds. The topological polar surface area (TPSA) is 68.5 Å². The number of hydrogen-bond acceptors (Lipinski definition) is 4. The van der Waals surface area contributed by atoms with E-state index >= 15 is 0 Å². The van der Waals surface area contributed by atoms with Gasteiger partial charge in [-0.05, 0) is 30.3 Å². The number of aryl methyl sites for hydroxylation is 1. The van der Waals surface area contributed by atoms with Crippen molar-refractivity contribution < 1.29 is 13.2 Å². The van der Waals surface area contributed by atoms with Crippen LogP contribution in [0.3, 0.4) is 0 Å². The number of rotatable bonds is 2. The highest BCUT2D eigenvalue weighted by Crippen LogP contribution is 2.31. The highest BCUT2D eigenvalue weighted by Gasteiger charge is 2.13. The van der Waals surface area contributed by atoms with Crippen LogP contribution in [0.4, 0.5) is 0 Å². The van der Waals surface area contributed by atoms with Crippen molar-refractivity contribution in [2.24, 2.45) is 12.0 Å². The van der Waals surface area contributed by atoms with Crippen molar-refractivity contribution in [3.8, 4) is 0 Å². The van der Waals surface area contributed by atoms with Gasteiger partial charge in [0.2, 0.25) is 0 Å². The van der Waals surface area contributed by atoms with Gasteiger partial charge in [0, 0.05) is 18.9 Å². The summed E-state index contributed by atoms with van der Waals surface area (Å²) in [5.74, 6) is -0.533. The van der Waals surface area contributed by atoms with Crippen LogP contribution in [0.1, 0.15) is 10.4 Å². The summed E-state index contributed by atoms with van der Waals surface area (Å²) < 4.78 is 25.8. The second-order valence-electron chi connectivity index (χ2n) is 5.37. The second-order valence-corrected chi connectivity index (χ2v) is 9.18. The molecular weight excluding hydrogens is 403 g/mol. The smallest absolute Gasteiger partial charge is 0.279 e. The Morgan fingerprint density at radius 3 is 2.60 bits per heavy atom. The SMILES string of the molecule is Cn1c(=NC(=O)c2cccc(S(C)(=O)=O)c2)sc2ccc(Cl)c(Cl)c21. The number of halogens is 2. The average Bonchev–Trinajstić information content (AvgIpc) is 2.87. The van der Waals surface area contributed by atoms with Gasteiger partial charge in [-0.1, -0.05) is 40.6 Å². The zero-order chi connectivity index (χ0) is 18.4. The molecule has 25 heavy (non-hydrogen) atoms. The molecule has 130 valence electrons. The predicted molar refractivity (Wildman–Crippen MR) is 100 cm³/mol. The summed E-state index contributed by atoms with van der Waals surface area (Å²) in [6, 6.07) is 9.29. The largest absolute Gasteiger partial charge is 0.318 e. The molecule has 0 bridgehead atoms. The summed E-state index contributed by atoms with van der Waals surface area (Å²) in [4.78, 5) is 17.1. The first-order valence-electron chi connectivity index (χ1n) is 7.01. The van der Waals surface area contributed by atoms with E-state index in [1.165, 1.54) is 35.6 Å². The first-order valence-corrected chi connectivity index (χ1v) is 10.5. The van der Waals surface area contributed by atoms with Crippen molar-refractivity contribution >= 4 is 60.5 Å². The van der Waals surface area contributed by atoms with Crippen LogP contribution < -0.4 is 4.80 Å². The van der Waals surface area contributed by atoms with Crippen LogP contribution in [0.15, 0.2) is 46.3 Å². The molecule has 0 radical (unpaired) electrons. The molecule has 3 aromatic rings. The Balaban J connectivity index is 2.13. The fourth-order valence-electron chi connectivity index (χ4n) is 2.29. The number of thiazole rings is 1. The molecule has 0 saturated heterocycles. The Kier molecular flexibility index (Phi) is 4.76. The molecule has 0 saturated carbocycles. The third-order valence-electron chi connectivity index (χ3n) is 3.56. The van der Waals surface area contributed by atoms with Gasteiger partial charge in [-0.25, -0.2) is 8.42 Å². The van der Waals surface area contributed by atoms with E-state index in [-0.39, 0.29) is 10.5 Å². The van der Waals surface area contributed by atoms with Crippen LogP contribution in [-0.4, -0.2) is 25.1 Å². The van der Waals surface area contributed by atoms with Crippen molar-refractivity contribution in [3.63, 3.8) is 0 Å². The number of hydrogen-bond donors (Lipinski definition) is 0. The van der Waals surface area contributed by atoms with Gasteiger partial charge in [0.05, 0.1) is 25.2 Å². The fraction of sp³-hybridized carbons (Fsp3) is 0.125. The first kappa shape index (κ1) is 18.1. The third kappa shape index (κ3) is 3.50. The van der Waals surface area contributed by atoms with Crippen LogP contribution >= 0.6 is 34.5 Å². The van der Waals surface area contributed by atoms with Crippen molar-refractivity contribution in [2.45, 2.75) is 4.90 Å². The molecule has 5 nitrogen and oxygen atoms in total. The molecule has 3 rings (SSSR count). The minimum absolute atomic E-state index is 0.0732. The predicted octanol–water partition coefficient (Wildman–Crippen LogP) is 3.69. The molecule has 0 atom stereocenters. The molecule has 0 unspecified atom stereocenters. The minimum Gasteiger partial charge on any atom is -0.318 e. The van der Waals surface area contributed by atoms with Crippen molar-refractivity contribution in [3.05, 3.63) is 56.8 Å². The van der Waals surface area contributed by atoms with E-state index in [4.69, 9.17) is 23.2 Å². The molecule has 0 aliphatic rings. The number of fused-ring (bicyclic) bond motifs is 1. The molecule has 0 fully saturated rings. The monoisotopic (exact) mass is 414 g/mol. The van der Waals surface area contributed by atoms with Gasteiger partial charge in [0.15, 0.2) is 14.6 Å². The zero-order valence-corrected chi connectivity index (χ0v) is 16.3. The first-order chi connectivity index (χ1) is 11.7. The second kappa shape index (κ2) is 6.57. The molecular formula is C16H12Cl2N2O3S2. The van der Waals surface area contributed by atoms with Crippen molar-refractivity contribution in [1.29, 1.82) is 0 Å². The number of benzene rings is 2. The van der Waals surface area contributed by atoms with Crippen LogP contribution in [0.25, 0.3) is 10.2 Å². The van der Waals surface area contributed by atoms with Gasteiger partial charge in [-0.2, -0.15) is 4.99 Å². The van der Waals surface area contributed by atoms with Gasteiger partial charge in [0.1, 0.15) is 0 Å². The lowest BCUT2D eigenvalue weighted by molar-refractivity contribution is 0.0997. The Morgan fingerprint density at radius 2 is 1.92 bits per heavy atom. The molecule has 9 heteroatoms. The number of aromatic nitrogens is 1. The molecule has 0 aliphatic carbocycles. The van der Waals surface area contributed by atoms with Crippen LogP contribution in [0.2, 0.25) is 10.0 Å². The summed E-state index contributed by atoms with van der Waals surface area (Å²) in [6.45, 7) is 0. The van der Waals surface area contributed by atoms with Gasteiger partial charge < -0.3 is 4.57 Å². The molecule has 0 N–H and O–H groups in total. The quantitative estimate of drug-likeness (QED) is 0.641. The summed E-state index contributed by atoms with van der Waals surface area (Å²) >= 11 is 13.6. The van der Waals surface area contributed by atoms with E-state index in [1.54, 1.807) is 17.7 Å². The van der Waals surface area contributed by atoms with E-state index < -0.39 is 15.7 Å². The Labute approximate surface area is 158 Å². The average molecular weight is 415 g/mol. The van der Waals surface area contributed by atoms with Crippen molar-refractivity contribution in [2.75, 3.05) is 6.26 Å². The van der Waals surface area contributed by atoms with Crippen molar-refractivity contribution in [1.82, 2.24) is 4.57 Å². The minimum atomic E-state index is -3.40. The number of carbonyl (C=O) groups is 1. The maximum Gasteiger partial charge on any atom is 0.279 e. The lowest BCUT2D eigenvalue weighted by Gasteiger charge is -2.01. The maximum absolute atomic E-state index is 12.4.